The lowest BCUT2D eigenvalue weighted by atomic mass is 9.90. The van der Waals surface area contributed by atoms with Crippen molar-refractivity contribution in [2.75, 3.05) is 16.8 Å². The zero-order valence-electron chi connectivity index (χ0n) is 13.7. The summed E-state index contributed by atoms with van der Waals surface area (Å²) in [7, 11) is 0. The van der Waals surface area contributed by atoms with Gasteiger partial charge in [0.25, 0.3) is 0 Å². The molecule has 0 atom stereocenters. The summed E-state index contributed by atoms with van der Waals surface area (Å²) >= 11 is 0. The van der Waals surface area contributed by atoms with Crippen LogP contribution in [0.25, 0.3) is 0 Å². The molecule has 1 N–H and O–H groups in total. The monoisotopic (exact) mass is 326 g/mol. The molecule has 124 valence electrons. The van der Waals surface area contributed by atoms with E-state index in [1.54, 1.807) is 24.8 Å². The number of rotatable bonds is 3. The number of fused-ring (bicyclic) bond motifs is 1. The first kappa shape index (κ1) is 16.2. The maximum atomic E-state index is 13.3. The number of hydrogen-bond donors (Lipinski definition) is 1. The molecule has 1 heterocycles. The van der Waals surface area contributed by atoms with E-state index in [1.807, 2.05) is 24.3 Å². The van der Waals surface area contributed by atoms with Crippen LogP contribution in [0.1, 0.15) is 19.4 Å². The van der Waals surface area contributed by atoms with E-state index in [1.165, 1.54) is 18.2 Å². The SMILES string of the molecule is CC(C)(C(=O)Nc1cccc(F)c1)C(=O)N1CCc2ccccc21. The van der Waals surface area contributed by atoms with Gasteiger partial charge in [0.15, 0.2) is 0 Å². The fourth-order valence-corrected chi connectivity index (χ4v) is 2.84. The molecule has 5 heteroatoms. The molecule has 2 amide bonds. The summed E-state index contributed by atoms with van der Waals surface area (Å²) in [5, 5.41) is 2.62. The van der Waals surface area contributed by atoms with Crippen molar-refractivity contribution in [1.82, 2.24) is 0 Å². The number of carbonyl (C=O) groups excluding carboxylic acids is 2. The number of hydrogen-bond acceptors (Lipinski definition) is 2. The zero-order chi connectivity index (χ0) is 17.3. The lowest BCUT2D eigenvalue weighted by Crippen LogP contribution is -2.47. The molecule has 2 aromatic rings. The number of nitrogens with one attached hydrogen (secondary N) is 1. The van der Waals surface area contributed by atoms with Crippen molar-refractivity contribution < 1.29 is 14.0 Å². The van der Waals surface area contributed by atoms with E-state index in [9.17, 15) is 14.0 Å². The van der Waals surface area contributed by atoms with Crippen molar-refractivity contribution in [2.24, 2.45) is 5.41 Å². The highest BCUT2D eigenvalue weighted by atomic mass is 19.1. The topological polar surface area (TPSA) is 49.4 Å². The molecule has 3 rings (SSSR count). The standard InChI is InChI=1S/C19H19FN2O2/c1-19(2,17(23)21-15-8-5-7-14(20)12-15)18(24)22-11-10-13-6-3-4-9-16(13)22/h3-9,12H,10-11H2,1-2H3,(H,21,23). The number of amides is 2. The highest BCUT2D eigenvalue weighted by Crippen LogP contribution is 2.32. The summed E-state index contributed by atoms with van der Waals surface area (Å²) in [5.74, 6) is -1.16. The molecular weight excluding hydrogens is 307 g/mol. The normalized spacial score (nSPS) is 13.5. The molecule has 24 heavy (non-hydrogen) atoms. The number of halogens is 1. The van der Waals surface area contributed by atoms with Gasteiger partial charge in [0.2, 0.25) is 11.8 Å². The first-order valence-corrected chi connectivity index (χ1v) is 7.86. The number of anilines is 2. The van der Waals surface area contributed by atoms with Crippen LogP contribution >= 0.6 is 0 Å². The van der Waals surface area contributed by atoms with Crippen LogP contribution < -0.4 is 10.2 Å². The second kappa shape index (κ2) is 6.07. The number of carbonyl (C=O) groups is 2. The molecule has 4 nitrogen and oxygen atoms in total. The third-order valence-corrected chi connectivity index (χ3v) is 4.32. The second-order valence-electron chi connectivity index (χ2n) is 6.42. The molecule has 0 radical (unpaired) electrons. The Hall–Kier alpha value is -2.69. The number of para-hydroxylation sites is 1. The fourth-order valence-electron chi connectivity index (χ4n) is 2.84. The van der Waals surface area contributed by atoms with Crippen molar-refractivity contribution in [1.29, 1.82) is 0 Å². The van der Waals surface area contributed by atoms with Crippen molar-refractivity contribution >= 4 is 23.2 Å². The van der Waals surface area contributed by atoms with Crippen LogP contribution in [0.2, 0.25) is 0 Å². The van der Waals surface area contributed by atoms with E-state index >= 15 is 0 Å². The predicted molar refractivity (Wildman–Crippen MR) is 91.3 cm³/mol. The Kier molecular flexibility index (Phi) is 4.09. The maximum absolute atomic E-state index is 13.3. The number of benzene rings is 2. The average Bonchev–Trinajstić information content (AvgIpc) is 2.98. The van der Waals surface area contributed by atoms with E-state index in [2.05, 4.69) is 5.32 Å². The van der Waals surface area contributed by atoms with Crippen LogP contribution in [0.3, 0.4) is 0 Å². The van der Waals surface area contributed by atoms with E-state index in [0.29, 0.717) is 12.2 Å². The largest absolute Gasteiger partial charge is 0.325 e. The van der Waals surface area contributed by atoms with E-state index in [4.69, 9.17) is 0 Å². The van der Waals surface area contributed by atoms with Gasteiger partial charge in [-0.1, -0.05) is 24.3 Å². The Morgan fingerprint density at radius 3 is 2.62 bits per heavy atom. The molecule has 0 fully saturated rings. The number of nitrogens with zero attached hydrogens (tertiary/aromatic N) is 1. The molecule has 0 aliphatic carbocycles. The summed E-state index contributed by atoms with van der Waals surface area (Å²) in [6.07, 6.45) is 0.781. The molecule has 0 bridgehead atoms. The van der Waals surface area contributed by atoms with E-state index in [-0.39, 0.29) is 5.91 Å². The first-order chi connectivity index (χ1) is 11.4. The lowest BCUT2D eigenvalue weighted by Gasteiger charge is -2.28. The van der Waals surface area contributed by atoms with Crippen LogP contribution in [0.4, 0.5) is 15.8 Å². The van der Waals surface area contributed by atoms with Crippen LogP contribution in [-0.4, -0.2) is 18.4 Å². The summed E-state index contributed by atoms with van der Waals surface area (Å²) in [6.45, 7) is 3.74. The predicted octanol–water partition coefficient (Wildman–Crippen LogP) is 3.38. The molecule has 0 aromatic heterocycles. The third-order valence-electron chi connectivity index (χ3n) is 4.32. The molecule has 0 saturated heterocycles. The summed E-state index contributed by atoms with van der Waals surface area (Å²) in [4.78, 5) is 27.1. The van der Waals surface area contributed by atoms with Crippen LogP contribution in [-0.2, 0) is 16.0 Å². The second-order valence-corrected chi connectivity index (χ2v) is 6.42. The van der Waals surface area contributed by atoms with Crippen LogP contribution in [0.15, 0.2) is 48.5 Å². The highest BCUT2D eigenvalue weighted by molar-refractivity contribution is 6.15. The Morgan fingerprint density at radius 1 is 1.12 bits per heavy atom. The van der Waals surface area contributed by atoms with Crippen molar-refractivity contribution in [3.8, 4) is 0 Å². The Labute approximate surface area is 140 Å². The van der Waals surface area contributed by atoms with Gasteiger partial charge in [0.05, 0.1) is 0 Å². The molecule has 1 aliphatic heterocycles. The first-order valence-electron chi connectivity index (χ1n) is 7.86. The molecule has 0 unspecified atom stereocenters. The smallest absolute Gasteiger partial charge is 0.242 e. The van der Waals surface area contributed by atoms with Crippen molar-refractivity contribution in [3.63, 3.8) is 0 Å². The van der Waals surface area contributed by atoms with Gasteiger partial charge >= 0.3 is 0 Å². The lowest BCUT2D eigenvalue weighted by molar-refractivity contribution is -0.136. The summed E-state index contributed by atoms with van der Waals surface area (Å²) in [5.41, 5.74) is 1.04. The minimum Gasteiger partial charge on any atom is -0.325 e. The third kappa shape index (κ3) is 2.89. The Morgan fingerprint density at radius 2 is 1.88 bits per heavy atom. The van der Waals surface area contributed by atoms with Crippen LogP contribution in [0.5, 0.6) is 0 Å². The quantitative estimate of drug-likeness (QED) is 0.879. The average molecular weight is 326 g/mol. The minimum absolute atomic E-state index is 0.263. The van der Waals surface area contributed by atoms with E-state index < -0.39 is 17.1 Å². The molecule has 0 saturated carbocycles. The van der Waals surface area contributed by atoms with Gasteiger partial charge < -0.3 is 10.2 Å². The van der Waals surface area contributed by atoms with Gasteiger partial charge in [0.1, 0.15) is 11.2 Å². The molecule has 1 aliphatic rings. The molecular formula is C19H19FN2O2. The van der Waals surface area contributed by atoms with Crippen LogP contribution in [0, 0.1) is 11.2 Å². The van der Waals surface area contributed by atoms with Crippen molar-refractivity contribution in [3.05, 3.63) is 59.9 Å². The van der Waals surface area contributed by atoms with Gasteiger partial charge in [-0.25, -0.2) is 4.39 Å². The summed E-state index contributed by atoms with van der Waals surface area (Å²) in [6, 6.07) is 13.3. The van der Waals surface area contributed by atoms with Gasteiger partial charge in [-0.2, -0.15) is 0 Å². The molecule has 0 spiro atoms. The van der Waals surface area contributed by atoms with Gasteiger partial charge in [-0.15, -0.1) is 0 Å². The zero-order valence-corrected chi connectivity index (χ0v) is 13.7. The minimum atomic E-state index is -1.26. The Bertz CT molecular complexity index is 801. The summed E-state index contributed by atoms with van der Waals surface area (Å²) < 4.78 is 13.3. The maximum Gasteiger partial charge on any atom is 0.242 e. The Balaban J connectivity index is 1.80. The van der Waals surface area contributed by atoms with E-state index in [0.717, 1.165) is 17.7 Å². The highest BCUT2D eigenvalue weighted by Gasteiger charge is 2.41. The fraction of sp³-hybridized carbons (Fsp3) is 0.263. The van der Waals surface area contributed by atoms with Crippen molar-refractivity contribution in [2.45, 2.75) is 20.3 Å². The van der Waals surface area contributed by atoms with Gasteiger partial charge in [-0.05, 0) is 50.1 Å². The van der Waals surface area contributed by atoms with Gasteiger partial charge in [0, 0.05) is 17.9 Å². The molecule has 2 aromatic carbocycles. The van der Waals surface area contributed by atoms with Gasteiger partial charge in [-0.3, -0.25) is 9.59 Å².